The molecule has 0 bridgehead atoms. The van der Waals surface area contributed by atoms with Gasteiger partial charge in [-0.25, -0.2) is 14.2 Å². The maximum absolute atomic E-state index is 13.5. The monoisotopic (exact) mass is 355 g/mol. The second kappa shape index (κ2) is 6.45. The van der Waals surface area contributed by atoms with Gasteiger partial charge in [-0.2, -0.15) is 4.39 Å². The molecule has 0 unspecified atom stereocenters. The quantitative estimate of drug-likeness (QED) is 0.664. The molecule has 0 saturated heterocycles. The first kappa shape index (κ1) is 15.1. The highest BCUT2D eigenvalue weighted by Gasteiger charge is 2.12. The van der Waals surface area contributed by atoms with E-state index in [-0.39, 0.29) is 11.6 Å². The first-order valence-corrected chi connectivity index (χ1v) is 6.44. The van der Waals surface area contributed by atoms with Crippen LogP contribution in [-0.2, 0) is 4.79 Å². The van der Waals surface area contributed by atoms with Gasteiger partial charge in [-0.15, -0.1) is 0 Å². The number of ether oxygens (including phenoxy) is 1. The molecule has 1 aromatic carbocycles. The van der Waals surface area contributed by atoms with Crippen LogP contribution in [0.4, 0.5) is 8.78 Å². The Labute approximate surface area is 126 Å². The van der Waals surface area contributed by atoms with E-state index in [1.807, 2.05) is 0 Å². The Balaban J connectivity index is 2.19. The van der Waals surface area contributed by atoms with Gasteiger partial charge in [-0.1, -0.05) is 15.9 Å². The van der Waals surface area contributed by atoms with Crippen molar-refractivity contribution in [1.29, 1.82) is 0 Å². The van der Waals surface area contributed by atoms with Crippen LogP contribution >= 0.6 is 15.9 Å². The van der Waals surface area contributed by atoms with E-state index >= 15 is 0 Å². The van der Waals surface area contributed by atoms with Crippen molar-refractivity contribution < 1.29 is 23.4 Å². The maximum atomic E-state index is 13.5. The van der Waals surface area contributed by atoms with Crippen LogP contribution in [0.3, 0.4) is 0 Å². The molecule has 7 heteroatoms. The number of hydrogen-bond donors (Lipinski definition) is 1. The number of carbonyl (C=O) groups is 1. The van der Waals surface area contributed by atoms with Gasteiger partial charge in [-0.3, -0.25) is 0 Å². The minimum atomic E-state index is -1.12. The summed E-state index contributed by atoms with van der Waals surface area (Å²) in [5.41, 5.74) is 0.533. The van der Waals surface area contributed by atoms with Gasteiger partial charge in [0.15, 0.2) is 11.6 Å². The number of hydrogen-bond acceptors (Lipinski definition) is 3. The molecule has 4 nitrogen and oxygen atoms in total. The number of carboxylic acid groups (broad SMARTS) is 1. The second-order valence-corrected chi connectivity index (χ2v) is 4.82. The maximum Gasteiger partial charge on any atom is 0.328 e. The fraction of sp³-hybridized carbons (Fsp3) is 0. The average molecular weight is 356 g/mol. The third-order valence-electron chi connectivity index (χ3n) is 2.35. The van der Waals surface area contributed by atoms with Crippen LogP contribution in [0.15, 0.2) is 41.0 Å². The number of pyridine rings is 1. The lowest BCUT2D eigenvalue weighted by atomic mass is 10.2. The third kappa shape index (κ3) is 4.09. The minimum Gasteiger partial charge on any atom is -0.478 e. The summed E-state index contributed by atoms with van der Waals surface area (Å²) >= 11 is 3.03. The third-order valence-corrected chi connectivity index (χ3v) is 2.81. The lowest BCUT2D eigenvalue weighted by Crippen LogP contribution is -1.94. The molecule has 0 aliphatic carbocycles. The Morgan fingerprint density at radius 3 is 2.71 bits per heavy atom. The van der Waals surface area contributed by atoms with Crippen molar-refractivity contribution in [2.45, 2.75) is 0 Å². The summed E-state index contributed by atoms with van der Waals surface area (Å²) in [6.45, 7) is 0. The van der Waals surface area contributed by atoms with E-state index < -0.39 is 17.6 Å². The average Bonchev–Trinajstić information content (AvgIpc) is 2.43. The fourth-order valence-electron chi connectivity index (χ4n) is 1.44. The van der Waals surface area contributed by atoms with Crippen LogP contribution in [0.1, 0.15) is 5.56 Å². The first-order chi connectivity index (χ1) is 9.95. The molecule has 21 heavy (non-hydrogen) atoms. The number of benzene rings is 1. The summed E-state index contributed by atoms with van der Waals surface area (Å²) in [5, 5.41) is 8.49. The highest BCUT2D eigenvalue weighted by molar-refractivity contribution is 9.10. The zero-order chi connectivity index (χ0) is 15.4. The summed E-state index contributed by atoms with van der Waals surface area (Å²) in [6.07, 6.45) is 3.65. The summed E-state index contributed by atoms with van der Waals surface area (Å²) in [6, 6.07) is 5.21. The molecular weight excluding hydrogens is 348 g/mol. The van der Waals surface area contributed by atoms with Gasteiger partial charge in [0.2, 0.25) is 11.7 Å². The standard InChI is InChI=1S/C14H8BrF2NO3/c15-9-5-10(16)14(17)11(6-9)21-12-3-1-8(7-18-12)2-4-13(19)20/h1-7H,(H,19,20)/b4-2+. The van der Waals surface area contributed by atoms with Gasteiger partial charge >= 0.3 is 5.97 Å². The van der Waals surface area contributed by atoms with Crippen LogP contribution in [0, 0.1) is 11.6 Å². The predicted molar refractivity (Wildman–Crippen MR) is 75.0 cm³/mol. The normalized spacial score (nSPS) is 10.8. The van der Waals surface area contributed by atoms with Crippen molar-refractivity contribution in [2.24, 2.45) is 0 Å². The molecule has 1 aromatic heterocycles. The molecule has 0 fully saturated rings. The number of aromatic nitrogens is 1. The van der Waals surface area contributed by atoms with E-state index in [1.165, 1.54) is 30.5 Å². The van der Waals surface area contributed by atoms with Gasteiger partial charge < -0.3 is 9.84 Å². The van der Waals surface area contributed by atoms with Crippen molar-refractivity contribution in [3.8, 4) is 11.6 Å². The lowest BCUT2D eigenvalue weighted by Gasteiger charge is -2.07. The number of carboxylic acids is 1. The van der Waals surface area contributed by atoms with Crippen molar-refractivity contribution in [2.75, 3.05) is 0 Å². The van der Waals surface area contributed by atoms with Gasteiger partial charge in [0, 0.05) is 22.8 Å². The van der Waals surface area contributed by atoms with E-state index in [0.29, 0.717) is 10.0 Å². The predicted octanol–water partition coefficient (Wildman–Crippen LogP) is 4.01. The van der Waals surface area contributed by atoms with Gasteiger partial charge in [-0.05, 0) is 29.8 Å². The molecule has 0 aliphatic heterocycles. The summed E-state index contributed by atoms with van der Waals surface area (Å²) in [4.78, 5) is 14.3. The number of halogens is 3. The van der Waals surface area contributed by atoms with Gasteiger partial charge in [0.05, 0.1) is 0 Å². The van der Waals surface area contributed by atoms with E-state index in [0.717, 1.165) is 12.1 Å². The summed E-state index contributed by atoms with van der Waals surface area (Å²) in [7, 11) is 0. The van der Waals surface area contributed by atoms with Gasteiger partial charge in [0.1, 0.15) is 0 Å². The first-order valence-electron chi connectivity index (χ1n) is 5.65. The fourth-order valence-corrected chi connectivity index (χ4v) is 1.85. The van der Waals surface area contributed by atoms with Crippen LogP contribution in [0.2, 0.25) is 0 Å². The van der Waals surface area contributed by atoms with Crippen molar-refractivity contribution >= 4 is 28.0 Å². The Morgan fingerprint density at radius 1 is 1.33 bits per heavy atom. The molecule has 108 valence electrons. The lowest BCUT2D eigenvalue weighted by molar-refractivity contribution is -0.131. The summed E-state index contributed by atoms with van der Waals surface area (Å²) < 4.78 is 32.2. The largest absolute Gasteiger partial charge is 0.478 e. The van der Waals surface area contributed by atoms with E-state index in [4.69, 9.17) is 9.84 Å². The molecule has 0 radical (unpaired) electrons. The van der Waals surface area contributed by atoms with Crippen LogP contribution < -0.4 is 4.74 Å². The highest BCUT2D eigenvalue weighted by Crippen LogP contribution is 2.28. The smallest absolute Gasteiger partial charge is 0.328 e. The Hall–Kier alpha value is -2.28. The molecule has 0 atom stereocenters. The molecule has 0 spiro atoms. The Morgan fingerprint density at radius 2 is 2.10 bits per heavy atom. The van der Waals surface area contributed by atoms with Crippen molar-refractivity contribution in [1.82, 2.24) is 4.98 Å². The zero-order valence-electron chi connectivity index (χ0n) is 10.4. The molecule has 0 aliphatic rings. The van der Waals surface area contributed by atoms with Crippen molar-refractivity contribution in [3.05, 3.63) is 58.2 Å². The topological polar surface area (TPSA) is 59.4 Å². The minimum absolute atomic E-state index is 0.0545. The van der Waals surface area contributed by atoms with Gasteiger partial charge in [0.25, 0.3) is 0 Å². The Bertz CT molecular complexity index is 702. The molecule has 2 rings (SSSR count). The zero-order valence-corrected chi connectivity index (χ0v) is 12.0. The molecule has 1 N–H and O–H groups in total. The molecule has 2 aromatic rings. The molecule has 1 heterocycles. The van der Waals surface area contributed by atoms with E-state index in [2.05, 4.69) is 20.9 Å². The SMILES string of the molecule is O=C(O)/C=C/c1ccc(Oc2cc(Br)cc(F)c2F)nc1. The van der Waals surface area contributed by atoms with Crippen LogP contribution in [0.25, 0.3) is 6.08 Å². The van der Waals surface area contributed by atoms with Crippen LogP contribution in [-0.4, -0.2) is 16.1 Å². The van der Waals surface area contributed by atoms with E-state index in [1.54, 1.807) is 0 Å². The highest BCUT2D eigenvalue weighted by atomic mass is 79.9. The summed E-state index contributed by atoms with van der Waals surface area (Å²) in [5.74, 6) is -3.49. The van der Waals surface area contributed by atoms with E-state index in [9.17, 15) is 13.6 Å². The number of rotatable bonds is 4. The molecular formula is C14H8BrF2NO3. The van der Waals surface area contributed by atoms with Crippen molar-refractivity contribution in [3.63, 3.8) is 0 Å². The Kier molecular flexibility index (Phi) is 4.64. The van der Waals surface area contributed by atoms with Crippen LogP contribution in [0.5, 0.6) is 11.6 Å². The second-order valence-electron chi connectivity index (χ2n) is 3.90. The molecule has 0 amide bonds. The number of nitrogens with zero attached hydrogens (tertiary/aromatic N) is 1. The molecule has 0 saturated carbocycles. The number of aliphatic carboxylic acids is 1.